The van der Waals surface area contributed by atoms with E-state index in [4.69, 9.17) is 0 Å². The van der Waals surface area contributed by atoms with Gasteiger partial charge in [-0.2, -0.15) is 8.78 Å². The maximum absolute atomic E-state index is 12.8. The molecule has 1 nitrogen and oxygen atoms in total. The van der Waals surface area contributed by atoms with Crippen molar-refractivity contribution in [3.63, 3.8) is 0 Å². The van der Waals surface area contributed by atoms with Gasteiger partial charge in [0.05, 0.1) is 0 Å². The van der Waals surface area contributed by atoms with Gasteiger partial charge in [0, 0.05) is 6.07 Å². The molecule has 0 N–H and O–H groups in total. The van der Waals surface area contributed by atoms with Crippen LogP contribution in [0.25, 0.3) is 0 Å². The Hall–Kier alpha value is -1.33. The molecule has 15 heavy (non-hydrogen) atoms. The van der Waals surface area contributed by atoms with Crippen LogP contribution in [0, 0.1) is 11.9 Å². The fraction of sp³-hybridized carbons (Fsp3) is 0.333. The highest BCUT2D eigenvalue weighted by Gasteiger charge is 2.41. The molecule has 0 heterocycles. The number of hydrogen-bond acceptors (Lipinski definition) is 1. The molecule has 83 valence electrons. The minimum Gasteiger partial charge on any atom is -0.483 e. The summed E-state index contributed by atoms with van der Waals surface area (Å²) in [6, 6.07) is 5.62. The maximum atomic E-state index is 12.8. The predicted molar refractivity (Wildman–Crippen MR) is 41.7 cm³/mol. The van der Waals surface area contributed by atoms with Crippen LogP contribution in [0.5, 0.6) is 5.75 Å². The molecule has 0 aliphatic heterocycles. The van der Waals surface area contributed by atoms with Crippen molar-refractivity contribution in [2.75, 3.05) is 6.61 Å². The first-order chi connectivity index (χ1) is 6.93. The topological polar surface area (TPSA) is 9.23 Å². The van der Waals surface area contributed by atoms with Crippen molar-refractivity contribution in [3.8, 4) is 5.75 Å². The standard InChI is InChI=1S/C9H6F5O/c10-6-3-1-2-4-7(6)15-5-9(13,14)8(11)12/h1-3,8H,5H2. The van der Waals surface area contributed by atoms with Crippen molar-refractivity contribution in [1.29, 1.82) is 0 Å². The van der Waals surface area contributed by atoms with Gasteiger partial charge in [-0.25, -0.2) is 13.2 Å². The second kappa shape index (κ2) is 4.46. The second-order valence-electron chi connectivity index (χ2n) is 2.70. The van der Waals surface area contributed by atoms with E-state index in [1.54, 1.807) is 0 Å². The SMILES string of the molecule is Fc1ccc[c]c1OCC(F)(F)C(F)F. The van der Waals surface area contributed by atoms with Crippen LogP contribution < -0.4 is 4.74 Å². The third kappa shape index (κ3) is 3.07. The number of halogens is 5. The number of benzene rings is 1. The van der Waals surface area contributed by atoms with Gasteiger partial charge >= 0.3 is 12.3 Å². The van der Waals surface area contributed by atoms with Crippen LogP contribution in [-0.2, 0) is 0 Å². The van der Waals surface area contributed by atoms with E-state index < -0.39 is 30.5 Å². The third-order valence-corrected chi connectivity index (χ3v) is 1.50. The largest absolute Gasteiger partial charge is 0.483 e. The lowest BCUT2D eigenvalue weighted by molar-refractivity contribution is -0.148. The summed E-state index contributed by atoms with van der Waals surface area (Å²) in [4.78, 5) is 0. The Morgan fingerprint density at radius 3 is 2.60 bits per heavy atom. The third-order valence-electron chi connectivity index (χ3n) is 1.50. The molecule has 1 aromatic carbocycles. The van der Waals surface area contributed by atoms with Crippen LogP contribution in [0.3, 0.4) is 0 Å². The molecule has 6 heteroatoms. The smallest absolute Gasteiger partial charge is 0.340 e. The predicted octanol–water partition coefficient (Wildman–Crippen LogP) is 2.91. The van der Waals surface area contributed by atoms with Crippen LogP contribution in [0.15, 0.2) is 18.2 Å². The van der Waals surface area contributed by atoms with Crippen LogP contribution in [0.2, 0.25) is 0 Å². The highest BCUT2D eigenvalue weighted by atomic mass is 19.3. The molecule has 0 saturated carbocycles. The van der Waals surface area contributed by atoms with E-state index in [0.717, 1.165) is 6.07 Å². The van der Waals surface area contributed by atoms with Gasteiger partial charge in [-0.15, -0.1) is 0 Å². The van der Waals surface area contributed by atoms with Gasteiger partial charge in [0.25, 0.3) is 0 Å². The van der Waals surface area contributed by atoms with E-state index in [9.17, 15) is 22.0 Å². The summed E-state index contributed by atoms with van der Waals surface area (Å²) < 4.78 is 65.0. The van der Waals surface area contributed by atoms with Gasteiger partial charge in [0.2, 0.25) is 0 Å². The lowest BCUT2D eigenvalue weighted by atomic mass is 10.3. The number of alkyl halides is 4. The fourth-order valence-corrected chi connectivity index (χ4v) is 0.743. The van der Waals surface area contributed by atoms with E-state index in [1.165, 1.54) is 12.1 Å². The Balaban J connectivity index is 2.62. The summed E-state index contributed by atoms with van der Waals surface area (Å²) in [5.41, 5.74) is 0. The highest BCUT2D eigenvalue weighted by Crippen LogP contribution is 2.24. The first kappa shape index (κ1) is 11.7. The molecule has 0 fully saturated rings. The molecular formula is C9H6F5O. The quantitative estimate of drug-likeness (QED) is 0.716. The molecule has 1 aromatic rings. The van der Waals surface area contributed by atoms with Gasteiger partial charge in [-0.05, 0) is 6.07 Å². The lowest BCUT2D eigenvalue weighted by Gasteiger charge is -2.15. The Morgan fingerprint density at radius 2 is 2.07 bits per heavy atom. The summed E-state index contributed by atoms with van der Waals surface area (Å²) in [6.07, 6.45) is -3.84. The van der Waals surface area contributed by atoms with Crippen molar-refractivity contribution in [3.05, 3.63) is 30.1 Å². The van der Waals surface area contributed by atoms with E-state index in [-0.39, 0.29) is 0 Å². The first-order valence-corrected chi connectivity index (χ1v) is 3.88. The fourth-order valence-electron chi connectivity index (χ4n) is 0.743. The van der Waals surface area contributed by atoms with Crippen molar-refractivity contribution < 1.29 is 26.7 Å². The van der Waals surface area contributed by atoms with E-state index in [1.807, 2.05) is 0 Å². The number of hydrogen-bond donors (Lipinski definition) is 0. The molecule has 0 spiro atoms. The zero-order valence-corrected chi connectivity index (χ0v) is 7.31. The van der Waals surface area contributed by atoms with Gasteiger partial charge < -0.3 is 4.74 Å². The molecular weight excluding hydrogens is 219 g/mol. The van der Waals surface area contributed by atoms with Gasteiger partial charge in [-0.1, -0.05) is 12.1 Å². The minimum atomic E-state index is -4.30. The van der Waals surface area contributed by atoms with Gasteiger partial charge in [0.15, 0.2) is 18.2 Å². The van der Waals surface area contributed by atoms with Crippen molar-refractivity contribution in [1.82, 2.24) is 0 Å². The summed E-state index contributed by atoms with van der Waals surface area (Å²) >= 11 is 0. The summed E-state index contributed by atoms with van der Waals surface area (Å²) in [6.45, 7) is -1.58. The lowest BCUT2D eigenvalue weighted by Crippen LogP contribution is -2.33. The van der Waals surface area contributed by atoms with E-state index in [0.29, 0.717) is 0 Å². The van der Waals surface area contributed by atoms with Crippen LogP contribution in [0.1, 0.15) is 0 Å². The minimum absolute atomic E-state index is 0.599. The van der Waals surface area contributed by atoms with E-state index in [2.05, 4.69) is 10.8 Å². The van der Waals surface area contributed by atoms with Crippen molar-refractivity contribution in [2.24, 2.45) is 0 Å². The molecule has 0 amide bonds. The zero-order chi connectivity index (χ0) is 11.5. The molecule has 1 radical (unpaired) electrons. The monoisotopic (exact) mass is 225 g/mol. The molecule has 0 saturated heterocycles. The van der Waals surface area contributed by atoms with E-state index >= 15 is 0 Å². The highest BCUT2D eigenvalue weighted by molar-refractivity contribution is 5.22. The average molecular weight is 225 g/mol. The normalized spacial score (nSPS) is 11.9. The van der Waals surface area contributed by atoms with Gasteiger partial charge in [-0.3, -0.25) is 0 Å². The Kier molecular flexibility index (Phi) is 3.49. The van der Waals surface area contributed by atoms with Gasteiger partial charge in [0.1, 0.15) is 0 Å². The van der Waals surface area contributed by atoms with Crippen molar-refractivity contribution >= 4 is 0 Å². The van der Waals surface area contributed by atoms with Crippen molar-refractivity contribution in [2.45, 2.75) is 12.3 Å². The van der Waals surface area contributed by atoms with Crippen LogP contribution >= 0.6 is 0 Å². The maximum Gasteiger partial charge on any atom is 0.340 e. The van der Waals surface area contributed by atoms with Crippen LogP contribution in [0.4, 0.5) is 22.0 Å². The second-order valence-corrected chi connectivity index (χ2v) is 2.70. The average Bonchev–Trinajstić information content (AvgIpc) is 2.16. The molecule has 0 atom stereocenters. The molecule has 0 aliphatic rings. The Bertz CT molecular complexity index is 326. The molecule has 0 bridgehead atoms. The molecule has 0 aromatic heterocycles. The molecule has 0 aliphatic carbocycles. The summed E-state index contributed by atoms with van der Waals surface area (Å²) in [5, 5.41) is 0. The summed E-state index contributed by atoms with van der Waals surface area (Å²) in [7, 11) is 0. The molecule has 1 rings (SSSR count). The number of rotatable bonds is 4. The molecule has 0 unspecified atom stereocenters. The number of ether oxygens (including phenoxy) is 1. The Morgan fingerprint density at radius 1 is 1.40 bits per heavy atom. The van der Waals surface area contributed by atoms with Crippen LogP contribution in [-0.4, -0.2) is 19.0 Å². The summed E-state index contributed by atoms with van der Waals surface area (Å²) in [5.74, 6) is -5.82. The first-order valence-electron chi connectivity index (χ1n) is 3.88. The Labute approximate surface area is 82.5 Å². The number of para-hydroxylation sites is 1. The zero-order valence-electron chi connectivity index (χ0n) is 7.31.